The molecule has 0 aliphatic rings. The van der Waals surface area contributed by atoms with Gasteiger partial charge in [-0.05, 0) is 37.1 Å². The number of aromatic nitrogens is 3. The Balaban J connectivity index is 2.29. The smallest absolute Gasteiger partial charge is 0.332 e. The molecule has 0 saturated heterocycles. The van der Waals surface area contributed by atoms with E-state index in [9.17, 15) is 9.59 Å². The van der Waals surface area contributed by atoms with E-state index in [1.54, 1.807) is 19.3 Å². The summed E-state index contributed by atoms with van der Waals surface area (Å²) in [6, 6.07) is 7.70. The first-order chi connectivity index (χ1) is 10.9. The first-order valence-electron chi connectivity index (χ1n) is 7.29. The summed E-state index contributed by atoms with van der Waals surface area (Å²) in [6.45, 7) is 4.06. The summed E-state index contributed by atoms with van der Waals surface area (Å²) in [5.41, 5.74) is 3.46. The Hall–Kier alpha value is -2.89. The van der Waals surface area contributed by atoms with E-state index < -0.39 is 0 Å². The Bertz CT molecular complexity index is 1030. The molecule has 0 saturated carbocycles. The van der Waals surface area contributed by atoms with Crippen LogP contribution in [0.3, 0.4) is 0 Å². The Labute approximate surface area is 133 Å². The third-order valence-electron chi connectivity index (χ3n) is 4.22. The van der Waals surface area contributed by atoms with Gasteiger partial charge in [-0.25, -0.2) is 9.78 Å². The van der Waals surface area contributed by atoms with Crippen molar-refractivity contribution in [3.8, 4) is 0 Å². The van der Waals surface area contributed by atoms with Crippen LogP contribution in [0.15, 0.2) is 40.1 Å². The summed E-state index contributed by atoms with van der Waals surface area (Å²) in [7, 11) is 3.08. The lowest BCUT2D eigenvalue weighted by atomic mass is 10.1. The molecule has 0 bridgehead atoms. The van der Waals surface area contributed by atoms with Crippen molar-refractivity contribution in [1.82, 2.24) is 14.1 Å². The molecule has 0 aliphatic carbocycles. The van der Waals surface area contributed by atoms with Crippen LogP contribution in [0.1, 0.15) is 11.1 Å². The fourth-order valence-corrected chi connectivity index (χ4v) is 2.62. The lowest BCUT2D eigenvalue weighted by Crippen LogP contribution is -2.37. The SMILES string of the molecule is Cc1cccc(Nc2ccnc3c2c(=O)n(C)c(=O)n3C)c1C. The zero-order valence-corrected chi connectivity index (χ0v) is 13.5. The highest BCUT2D eigenvalue weighted by atomic mass is 16.2. The molecule has 0 fully saturated rings. The molecule has 0 spiro atoms. The second-order valence-corrected chi connectivity index (χ2v) is 5.64. The van der Waals surface area contributed by atoms with E-state index in [4.69, 9.17) is 0 Å². The highest BCUT2D eigenvalue weighted by Gasteiger charge is 2.14. The number of hydrogen-bond acceptors (Lipinski definition) is 4. The van der Waals surface area contributed by atoms with Crippen LogP contribution in [0.2, 0.25) is 0 Å². The predicted molar refractivity (Wildman–Crippen MR) is 91.4 cm³/mol. The average Bonchev–Trinajstić information content (AvgIpc) is 2.55. The van der Waals surface area contributed by atoms with Gasteiger partial charge in [-0.3, -0.25) is 13.9 Å². The monoisotopic (exact) mass is 310 g/mol. The zero-order valence-electron chi connectivity index (χ0n) is 13.5. The standard InChI is InChI=1S/C17H18N4O2/c1-10-6-5-7-12(11(10)2)19-13-8-9-18-15-14(13)16(22)21(4)17(23)20(15)3/h5-9H,1-4H3,(H,18,19). The highest BCUT2D eigenvalue weighted by Crippen LogP contribution is 2.25. The van der Waals surface area contributed by atoms with Crippen LogP contribution in [-0.2, 0) is 14.1 Å². The van der Waals surface area contributed by atoms with Crippen molar-refractivity contribution in [1.29, 1.82) is 0 Å². The van der Waals surface area contributed by atoms with E-state index in [0.717, 1.165) is 21.4 Å². The largest absolute Gasteiger partial charge is 0.354 e. The van der Waals surface area contributed by atoms with Gasteiger partial charge in [0, 0.05) is 26.0 Å². The van der Waals surface area contributed by atoms with Gasteiger partial charge in [0.05, 0.1) is 5.69 Å². The molecule has 0 aliphatic heterocycles. The van der Waals surface area contributed by atoms with Crippen LogP contribution in [0.4, 0.5) is 11.4 Å². The molecule has 0 amide bonds. The van der Waals surface area contributed by atoms with Gasteiger partial charge in [-0.1, -0.05) is 12.1 Å². The Morgan fingerprint density at radius 1 is 1.00 bits per heavy atom. The minimum atomic E-state index is -0.390. The summed E-state index contributed by atoms with van der Waals surface area (Å²) in [5.74, 6) is 0. The first-order valence-corrected chi connectivity index (χ1v) is 7.29. The number of benzene rings is 1. The second-order valence-electron chi connectivity index (χ2n) is 5.64. The van der Waals surface area contributed by atoms with Crippen molar-refractivity contribution >= 4 is 22.4 Å². The summed E-state index contributed by atoms with van der Waals surface area (Å²) < 4.78 is 2.48. The van der Waals surface area contributed by atoms with Gasteiger partial charge in [0.25, 0.3) is 5.56 Å². The molecule has 0 radical (unpaired) electrons. The summed E-state index contributed by atoms with van der Waals surface area (Å²) >= 11 is 0. The lowest BCUT2D eigenvalue weighted by Gasteiger charge is -2.14. The molecule has 2 aromatic heterocycles. The van der Waals surface area contributed by atoms with Crippen molar-refractivity contribution in [2.75, 3.05) is 5.32 Å². The van der Waals surface area contributed by atoms with Crippen molar-refractivity contribution < 1.29 is 0 Å². The van der Waals surface area contributed by atoms with Crippen molar-refractivity contribution in [3.05, 3.63) is 62.4 Å². The van der Waals surface area contributed by atoms with Crippen LogP contribution in [-0.4, -0.2) is 14.1 Å². The molecule has 1 aromatic carbocycles. The van der Waals surface area contributed by atoms with Gasteiger partial charge in [-0.2, -0.15) is 0 Å². The van der Waals surface area contributed by atoms with E-state index in [0.29, 0.717) is 16.7 Å². The van der Waals surface area contributed by atoms with E-state index in [1.807, 2.05) is 32.0 Å². The average molecular weight is 310 g/mol. The van der Waals surface area contributed by atoms with Crippen LogP contribution < -0.4 is 16.6 Å². The van der Waals surface area contributed by atoms with Crippen LogP contribution in [0.25, 0.3) is 11.0 Å². The number of aryl methyl sites for hydroxylation is 2. The minimum absolute atomic E-state index is 0.357. The van der Waals surface area contributed by atoms with Crippen LogP contribution in [0, 0.1) is 13.8 Å². The molecule has 1 N–H and O–H groups in total. The minimum Gasteiger partial charge on any atom is -0.354 e. The molecular formula is C17H18N4O2. The van der Waals surface area contributed by atoms with Crippen molar-refractivity contribution in [2.45, 2.75) is 13.8 Å². The third-order valence-corrected chi connectivity index (χ3v) is 4.22. The van der Waals surface area contributed by atoms with Gasteiger partial charge < -0.3 is 5.32 Å². The number of rotatable bonds is 2. The van der Waals surface area contributed by atoms with E-state index in [2.05, 4.69) is 10.3 Å². The number of nitrogens with zero attached hydrogens (tertiary/aromatic N) is 3. The molecule has 3 aromatic rings. The number of hydrogen-bond donors (Lipinski definition) is 1. The van der Waals surface area contributed by atoms with Crippen LogP contribution in [0.5, 0.6) is 0 Å². The van der Waals surface area contributed by atoms with Gasteiger partial charge >= 0.3 is 5.69 Å². The summed E-state index contributed by atoms with van der Waals surface area (Å²) in [6.07, 6.45) is 1.59. The molecule has 2 heterocycles. The molecule has 0 unspecified atom stereocenters. The fraction of sp³-hybridized carbons (Fsp3) is 0.235. The maximum Gasteiger partial charge on any atom is 0.332 e. The van der Waals surface area contributed by atoms with E-state index in [1.165, 1.54) is 11.6 Å². The molecule has 23 heavy (non-hydrogen) atoms. The maximum absolute atomic E-state index is 12.5. The number of pyridine rings is 1. The lowest BCUT2D eigenvalue weighted by molar-refractivity contribution is 0.708. The molecule has 0 atom stereocenters. The summed E-state index contributed by atoms with van der Waals surface area (Å²) in [4.78, 5) is 28.8. The van der Waals surface area contributed by atoms with Crippen molar-refractivity contribution in [3.63, 3.8) is 0 Å². The normalized spacial score (nSPS) is 11.0. The Kier molecular flexibility index (Phi) is 3.52. The summed E-state index contributed by atoms with van der Waals surface area (Å²) in [5, 5.41) is 3.70. The topological polar surface area (TPSA) is 68.9 Å². The Morgan fingerprint density at radius 2 is 1.74 bits per heavy atom. The van der Waals surface area contributed by atoms with Gasteiger partial charge in [-0.15, -0.1) is 0 Å². The van der Waals surface area contributed by atoms with Gasteiger partial charge in [0.15, 0.2) is 5.65 Å². The predicted octanol–water partition coefficient (Wildman–Crippen LogP) is 1.99. The Morgan fingerprint density at radius 3 is 2.48 bits per heavy atom. The number of fused-ring (bicyclic) bond motifs is 1. The quantitative estimate of drug-likeness (QED) is 0.786. The molecule has 3 rings (SSSR count). The highest BCUT2D eigenvalue weighted by molar-refractivity contribution is 5.90. The molecule has 6 nitrogen and oxygen atoms in total. The molecular weight excluding hydrogens is 292 g/mol. The first kappa shape index (κ1) is 15.0. The molecule has 6 heteroatoms. The third kappa shape index (κ3) is 2.32. The van der Waals surface area contributed by atoms with Gasteiger partial charge in [0.2, 0.25) is 0 Å². The number of nitrogens with one attached hydrogen (secondary N) is 1. The van der Waals surface area contributed by atoms with E-state index in [-0.39, 0.29) is 11.2 Å². The molecule has 118 valence electrons. The number of anilines is 2. The second kappa shape index (κ2) is 5.39. The fourth-order valence-electron chi connectivity index (χ4n) is 2.62. The van der Waals surface area contributed by atoms with Gasteiger partial charge in [0.1, 0.15) is 5.39 Å². The van der Waals surface area contributed by atoms with Crippen LogP contribution >= 0.6 is 0 Å². The van der Waals surface area contributed by atoms with E-state index >= 15 is 0 Å². The zero-order chi connectivity index (χ0) is 16.7. The van der Waals surface area contributed by atoms with Crippen molar-refractivity contribution in [2.24, 2.45) is 14.1 Å². The maximum atomic E-state index is 12.5.